The van der Waals surface area contributed by atoms with Gasteiger partial charge in [-0.15, -0.1) is 0 Å². The molecule has 32 heavy (non-hydrogen) atoms. The van der Waals surface area contributed by atoms with Gasteiger partial charge in [-0.1, -0.05) is 23.7 Å². The fraction of sp³-hybridized carbons (Fsp3) is 0.250. The van der Waals surface area contributed by atoms with Crippen molar-refractivity contribution in [1.82, 2.24) is 4.57 Å². The summed E-state index contributed by atoms with van der Waals surface area (Å²) in [5.74, 6) is 0.462. The number of Topliss-reactive ketones (excluding diaryl/α,β-unsaturated/α-hetero) is 1. The van der Waals surface area contributed by atoms with E-state index < -0.39 is 5.97 Å². The number of fused-ring (bicyclic) bond motifs is 1. The Hall–Kier alpha value is -3.45. The van der Waals surface area contributed by atoms with Crippen molar-refractivity contribution in [2.24, 2.45) is 0 Å². The van der Waals surface area contributed by atoms with Crippen molar-refractivity contribution in [3.63, 3.8) is 0 Å². The van der Waals surface area contributed by atoms with Gasteiger partial charge in [0.15, 0.2) is 24.2 Å². The number of esters is 1. The number of aromatic nitrogens is 1. The Balaban J connectivity index is 1.42. The molecule has 1 aromatic heterocycles. The van der Waals surface area contributed by atoms with Gasteiger partial charge in [-0.3, -0.25) is 4.79 Å². The number of hydrogen-bond acceptors (Lipinski definition) is 6. The zero-order valence-corrected chi connectivity index (χ0v) is 18.5. The normalized spacial score (nSPS) is 14.8. The molecule has 0 radical (unpaired) electrons. The molecule has 0 amide bonds. The predicted molar refractivity (Wildman–Crippen MR) is 121 cm³/mol. The van der Waals surface area contributed by atoms with Crippen molar-refractivity contribution in [3.05, 3.63) is 76.1 Å². The van der Waals surface area contributed by atoms with Gasteiger partial charge in [0.2, 0.25) is 5.78 Å². The summed E-state index contributed by atoms with van der Waals surface area (Å²) in [4.78, 5) is 25.1. The Morgan fingerprint density at radius 2 is 1.88 bits per heavy atom. The van der Waals surface area contributed by atoms with E-state index in [2.05, 4.69) is 0 Å². The number of ketones is 1. The van der Waals surface area contributed by atoms with Gasteiger partial charge in [0, 0.05) is 27.7 Å². The van der Waals surface area contributed by atoms with Crippen molar-refractivity contribution in [3.8, 4) is 11.5 Å². The summed E-state index contributed by atoms with van der Waals surface area (Å²) in [5.41, 5.74) is 8.35. The lowest BCUT2D eigenvalue weighted by Gasteiger charge is -2.27. The van der Waals surface area contributed by atoms with E-state index in [-0.39, 0.29) is 29.7 Å². The van der Waals surface area contributed by atoms with Crippen molar-refractivity contribution in [1.29, 1.82) is 0 Å². The van der Waals surface area contributed by atoms with E-state index in [4.69, 9.17) is 31.5 Å². The lowest BCUT2D eigenvalue weighted by Crippen LogP contribution is -2.33. The van der Waals surface area contributed by atoms with Crippen LogP contribution in [0.5, 0.6) is 11.5 Å². The van der Waals surface area contributed by atoms with Crippen molar-refractivity contribution < 1.29 is 23.8 Å². The molecule has 1 aliphatic heterocycles. The van der Waals surface area contributed by atoms with E-state index >= 15 is 0 Å². The van der Waals surface area contributed by atoms with Crippen LogP contribution in [0.1, 0.15) is 32.1 Å². The number of nitrogens with zero attached hydrogens (tertiary/aromatic N) is 1. The van der Waals surface area contributed by atoms with Crippen LogP contribution in [0, 0.1) is 13.8 Å². The topological polar surface area (TPSA) is 92.8 Å². The molecule has 2 heterocycles. The van der Waals surface area contributed by atoms with Crippen LogP contribution in [0.3, 0.4) is 0 Å². The molecule has 0 saturated carbocycles. The summed E-state index contributed by atoms with van der Waals surface area (Å²) in [6.07, 6.45) is -0.191. The Morgan fingerprint density at radius 3 is 2.62 bits per heavy atom. The maximum Gasteiger partial charge on any atom is 0.340 e. The number of carbonyl (C=O) groups excluding carboxylic acids is 2. The van der Waals surface area contributed by atoms with E-state index in [0.29, 0.717) is 29.5 Å². The number of rotatable bonds is 6. The van der Waals surface area contributed by atoms with Crippen molar-refractivity contribution >= 4 is 29.0 Å². The predicted octanol–water partition coefficient (Wildman–Crippen LogP) is 4.22. The number of ether oxygens (including phenoxy) is 3. The number of benzene rings is 2. The van der Waals surface area contributed by atoms with E-state index in [0.717, 1.165) is 17.1 Å². The summed E-state index contributed by atoms with van der Waals surface area (Å²) >= 11 is 5.85. The minimum atomic E-state index is -0.673. The van der Waals surface area contributed by atoms with Crippen LogP contribution in [-0.4, -0.2) is 35.6 Å². The molecule has 3 aromatic rings. The molecule has 1 aliphatic rings. The van der Waals surface area contributed by atoms with E-state index in [1.54, 1.807) is 12.1 Å². The van der Waals surface area contributed by atoms with Gasteiger partial charge >= 0.3 is 5.97 Å². The number of nitrogen functional groups attached to an aromatic ring is 1. The molecule has 0 saturated heterocycles. The highest BCUT2D eigenvalue weighted by Crippen LogP contribution is 2.31. The zero-order chi connectivity index (χ0) is 22.8. The first-order valence-corrected chi connectivity index (χ1v) is 10.5. The van der Waals surface area contributed by atoms with Crippen LogP contribution in [0.4, 0.5) is 5.69 Å². The summed E-state index contributed by atoms with van der Waals surface area (Å²) in [6, 6.07) is 13.8. The fourth-order valence-electron chi connectivity index (χ4n) is 3.73. The molecule has 0 bridgehead atoms. The molecule has 1 unspecified atom stereocenters. The van der Waals surface area contributed by atoms with Gasteiger partial charge < -0.3 is 24.5 Å². The minimum Gasteiger partial charge on any atom is -0.486 e. The van der Waals surface area contributed by atoms with Crippen LogP contribution in [0.2, 0.25) is 5.02 Å². The zero-order valence-electron chi connectivity index (χ0n) is 17.8. The third-order valence-corrected chi connectivity index (χ3v) is 5.63. The second-order valence-corrected chi connectivity index (χ2v) is 8.06. The first kappa shape index (κ1) is 21.8. The summed E-state index contributed by atoms with van der Waals surface area (Å²) in [5, 5.41) is 0.415. The maximum absolute atomic E-state index is 12.8. The van der Waals surface area contributed by atoms with Crippen molar-refractivity contribution in [2.45, 2.75) is 26.5 Å². The highest BCUT2D eigenvalue weighted by molar-refractivity contribution is 6.31. The third-order valence-electron chi connectivity index (χ3n) is 5.40. The number of para-hydroxylation sites is 2. The quantitative estimate of drug-likeness (QED) is 0.340. The van der Waals surface area contributed by atoms with Crippen LogP contribution in [0.15, 0.2) is 48.5 Å². The molecule has 4 rings (SSSR count). The first-order valence-electron chi connectivity index (χ1n) is 10.1. The number of nitrogens with two attached hydrogens (primary N) is 1. The third kappa shape index (κ3) is 4.43. The number of anilines is 1. The smallest absolute Gasteiger partial charge is 0.340 e. The van der Waals surface area contributed by atoms with E-state index in [1.165, 1.54) is 12.1 Å². The van der Waals surface area contributed by atoms with Crippen molar-refractivity contribution in [2.75, 3.05) is 18.9 Å². The average molecular weight is 455 g/mol. The standard InChI is InChI=1S/C24H23ClN2O5/c1-14-9-19(21(28)13-31-24(29)18-8-7-16(25)10-20(18)26)15(2)27(14)11-17-12-30-22-5-3-4-6-23(22)32-17/h3-10,17H,11-13,26H2,1-2H3. The van der Waals surface area contributed by atoms with Gasteiger partial charge in [-0.25, -0.2) is 4.79 Å². The molecule has 2 aromatic carbocycles. The lowest BCUT2D eigenvalue weighted by atomic mass is 10.1. The maximum atomic E-state index is 12.8. The minimum absolute atomic E-state index is 0.169. The second-order valence-electron chi connectivity index (χ2n) is 7.62. The van der Waals surface area contributed by atoms with Gasteiger partial charge in [-0.2, -0.15) is 0 Å². The number of hydrogen-bond donors (Lipinski definition) is 1. The van der Waals surface area contributed by atoms with Gasteiger partial charge in [0.1, 0.15) is 6.61 Å². The number of carbonyl (C=O) groups is 2. The van der Waals surface area contributed by atoms with Gasteiger partial charge in [-0.05, 0) is 50.2 Å². The Morgan fingerprint density at radius 1 is 1.12 bits per heavy atom. The summed E-state index contributed by atoms with van der Waals surface area (Å²) < 4.78 is 19.0. The SMILES string of the molecule is Cc1cc(C(=O)COC(=O)c2ccc(Cl)cc2N)c(C)n1CC1COc2ccccc2O1. The van der Waals surface area contributed by atoms with E-state index in [1.807, 2.05) is 42.7 Å². The molecule has 0 spiro atoms. The molecule has 8 heteroatoms. The second kappa shape index (κ2) is 8.96. The van der Waals surface area contributed by atoms with Gasteiger partial charge in [0.05, 0.1) is 12.1 Å². The molecule has 2 N–H and O–H groups in total. The molecular weight excluding hydrogens is 432 g/mol. The highest BCUT2D eigenvalue weighted by atomic mass is 35.5. The summed E-state index contributed by atoms with van der Waals surface area (Å²) in [6.45, 7) is 4.33. The molecule has 166 valence electrons. The number of halogens is 1. The highest BCUT2D eigenvalue weighted by Gasteiger charge is 2.24. The van der Waals surface area contributed by atoms with Crippen LogP contribution in [0.25, 0.3) is 0 Å². The van der Waals surface area contributed by atoms with Gasteiger partial charge in [0.25, 0.3) is 0 Å². The largest absolute Gasteiger partial charge is 0.486 e. The van der Waals surface area contributed by atoms with Crippen LogP contribution >= 0.6 is 11.6 Å². The van der Waals surface area contributed by atoms with E-state index in [9.17, 15) is 9.59 Å². The summed E-state index contributed by atoms with van der Waals surface area (Å²) in [7, 11) is 0. The monoisotopic (exact) mass is 454 g/mol. The Bertz CT molecular complexity index is 1190. The number of aryl methyl sites for hydroxylation is 1. The Kier molecular flexibility index (Phi) is 6.10. The molecule has 1 atom stereocenters. The first-order chi connectivity index (χ1) is 15.3. The molecule has 0 aliphatic carbocycles. The fourth-order valence-corrected chi connectivity index (χ4v) is 3.91. The van der Waals surface area contributed by atoms with Crippen LogP contribution < -0.4 is 15.2 Å². The lowest BCUT2D eigenvalue weighted by molar-refractivity contribution is 0.0475. The molecule has 0 fully saturated rings. The molecular formula is C24H23ClN2O5. The molecule has 7 nitrogen and oxygen atoms in total. The average Bonchev–Trinajstić information content (AvgIpc) is 3.05. The van der Waals surface area contributed by atoms with Crippen LogP contribution in [-0.2, 0) is 11.3 Å². The Labute approximate surface area is 190 Å².